The van der Waals surface area contributed by atoms with Crippen LogP contribution in [0.2, 0.25) is 0 Å². The topological polar surface area (TPSA) is 104 Å². The minimum absolute atomic E-state index is 0.107. The molecule has 0 saturated heterocycles. The quantitative estimate of drug-likeness (QED) is 0.596. The summed E-state index contributed by atoms with van der Waals surface area (Å²) in [5.41, 5.74) is 0.591. The van der Waals surface area contributed by atoms with Crippen LogP contribution in [0.1, 0.15) is 32.6 Å². The highest BCUT2D eigenvalue weighted by Gasteiger charge is 2.24. The predicted molar refractivity (Wildman–Crippen MR) is 104 cm³/mol. The molecule has 0 atom stereocenters. The van der Waals surface area contributed by atoms with Crippen molar-refractivity contribution in [2.75, 3.05) is 17.6 Å². The van der Waals surface area contributed by atoms with E-state index in [2.05, 4.69) is 38.2 Å². The van der Waals surface area contributed by atoms with Crippen molar-refractivity contribution >= 4 is 43.5 Å². The van der Waals surface area contributed by atoms with Gasteiger partial charge < -0.3 is 10.6 Å². The van der Waals surface area contributed by atoms with Crippen LogP contribution in [-0.4, -0.2) is 38.6 Å². The number of nitrogens with one attached hydrogen (secondary N) is 3. The molecule has 0 bridgehead atoms. The Morgan fingerprint density at radius 1 is 1.08 bits per heavy atom. The highest BCUT2D eigenvalue weighted by atomic mass is 79.9. The Balaban J connectivity index is 1.73. The van der Waals surface area contributed by atoms with Crippen LogP contribution in [-0.2, 0) is 19.6 Å². The predicted octanol–water partition coefficient (Wildman–Crippen LogP) is 2.00. The molecular weight excluding hydrogens is 422 g/mol. The third-order valence-corrected chi connectivity index (χ3v) is 6.12. The first-order valence-electron chi connectivity index (χ1n) is 8.55. The van der Waals surface area contributed by atoms with Gasteiger partial charge in [0.2, 0.25) is 21.8 Å². The van der Waals surface area contributed by atoms with E-state index in [0.29, 0.717) is 11.6 Å². The molecular formula is C17H24BrN3O4S. The second kappa shape index (κ2) is 9.48. The van der Waals surface area contributed by atoms with Crippen molar-refractivity contribution in [3.8, 4) is 0 Å². The van der Waals surface area contributed by atoms with Crippen LogP contribution in [0.3, 0.4) is 0 Å². The van der Waals surface area contributed by atoms with Gasteiger partial charge in [-0.1, -0.05) is 22.9 Å². The number of sulfonamides is 1. The molecule has 7 nitrogen and oxygen atoms in total. The molecule has 0 aromatic heterocycles. The van der Waals surface area contributed by atoms with Crippen molar-refractivity contribution < 1.29 is 18.0 Å². The van der Waals surface area contributed by atoms with E-state index in [9.17, 15) is 18.0 Å². The van der Waals surface area contributed by atoms with Crippen molar-refractivity contribution in [3.05, 3.63) is 28.7 Å². The van der Waals surface area contributed by atoms with Crippen LogP contribution < -0.4 is 15.4 Å². The Morgan fingerprint density at radius 3 is 2.31 bits per heavy atom. The van der Waals surface area contributed by atoms with Crippen LogP contribution >= 0.6 is 15.9 Å². The molecule has 1 aromatic carbocycles. The zero-order chi connectivity index (χ0) is 19.2. The van der Waals surface area contributed by atoms with E-state index in [1.54, 1.807) is 24.3 Å². The number of amides is 2. The lowest BCUT2D eigenvalue weighted by Crippen LogP contribution is -2.43. The molecule has 9 heteroatoms. The minimum atomic E-state index is -3.71. The highest BCUT2D eigenvalue weighted by molar-refractivity contribution is 9.10. The molecule has 0 spiro atoms. The number of hydrogen-bond acceptors (Lipinski definition) is 4. The Hall–Kier alpha value is -1.45. The van der Waals surface area contributed by atoms with Gasteiger partial charge in [-0.15, -0.1) is 0 Å². The molecule has 1 aliphatic carbocycles. The van der Waals surface area contributed by atoms with Gasteiger partial charge in [-0.25, -0.2) is 13.1 Å². The summed E-state index contributed by atoms with van der Waals surface area (Å²) in [7, 11) is -3.71. The lowest BCUT2D eigenvalue weighted by atomic mass is 9.88. The standard InChI is InChI=1S/C17H24BrN3O4S/c1-12-2-6-15(7-3-12)21-26(24,25)11-17(23)19-10-16(22)20-14-8-4-13(18)5-9-14/h4-5,8-9,12,15,21H,2-3,6-7,10-11H2,1H3,(H,19,23)(H,20,22). The summed E-state index contributed by atoms with van der Waals surface area (Å²) in [4.78, 5) is 23.6. The first kappa shape index (κ1) is 20.9. The van der Waals surface area contributed by atoms with E-state index in [1.807, 2.05) is 0 Å². The van der Waals surface area contributed by atoms with Gasteiger partial charge in [-0.3, -0.25) is 9.59 Å². The van der Waals surface area contributed by atoms with Crippen LogP contribution in [0, 0.1) is 5.92 Å². The Bertz CT molecular complexity index is 729. The zero-order valence-corrected chi connectivity index (χ0v) is 17.0. The first-order chi connectivity index (χ1) is 12.2. The lowest BCUT2D eigenvalue weighted by molar-refractivity contribution is -0.122. The minimum Gasteiger partial charge on any atom is -0.346 e. The number of benzene rings is 1. The van der Waals surface area contributed by atoms with Gasteiger partial charge in [0, 0.05) is 16.2 Å². The number of anilines is 1. The van der Waals surface area contributed by atoms with Gasteiger partial charge in [-0.2, -0.15) is 0 Å². The number of carbonyl (C=O) groups is 2. The van der Waals surface area contributed by atoms with Crippen LogP contribution in [0.15, 0.2) is 28.7 Å². The van der Waals surface area contributed by atoms with Crippen molar-refractivity contribution in [1.82, 2.24) is 10.0 Å². The van der Waals surface area contributed by atoms with Crippen LogP contribution in [0.5, 0.6) is 0 Å². The van der Waals surface area contributed by atoms with Gasteiger partial charge in [0.25, 0.3) is 0 Å². The maximum absolute atomic E-state index is 12.1. The fourth-order valence-electron chi connectivity index (χ4n) is 2.81. The first-order valence-corrected chi connectivity index (χ1v) is 11.0. The van der Waals surface area contributed by atoms with E-state index in [-0.39, 0.29) is 12.6 Å². The van der Waals surface area contributed by atoms with E-state index in [0.717, 1.165) is 30.2 Å². The maximum atomic E-state index is 12.1. The molecule has 1 saturated carbocycles. The third-order valence-electron chi connectivity index (χ3n) is 4.26. The number of carbonyl (C=O) groups excluding carboxylic acids is 2. The van der Waals surface area contributed by atoms with Crippen molar-refractivity contribution in [2.45, 2.75) is 38.6 Å². The third kappa shape index (κ3) is 7.43. The van der Waals surface area contributed by atoms with Crippen LogP contribution in [0.25, 0.3) is 0 Å². The number of hydrogen-bond donors (Lipinski definition) is 3. The van der Waals surface area contributed by atoms with Crippen LogP contribution in [0.4, 0.5) is 5.69 Å². The van der Waals surface area contributed by atoms with Gasteiger partial charge in [0.05, 0.1) is 6.54 Å². The summed E-state index contributed by atoms with van der Waals surface area (Å²) < 4.78 is 27.6. The Morgan fingerprint density at radius 2 is 1.69 bits per heavy atom. The SMILES string of the molecule is CC1CCC(NS(=O)(=O)CC(=O)NCC(=O)Nc2ccc(Br)cc2)CC1. The van der Waals surface area contributed by atoms with Gasteiger partial charge in [0.15, 0.2) is 0 Å². The average molecular weight is 446 g/mol. The molecule has 1 fully saturated rings. The molecule has 3 N–H and O–H groups in total. The summed E-state index contributed by atoms with van der Waals surface area (Å²) >= 11 is 3.30. The maximum Gasteiger partial charge on any atom is 0.243 e. The fraction of sp³-hybridized carbons (Fsp3) is 0.529. The molecule has 0 heterocycles. The van der Waals surface area contributed by atoms with E-state index in [4.69, 9.17) is 0 Å². The van der Waals surface area contributed by atoms with Crippen molar-refractivity contribution in [2.24, 2.45) is 5.92 Å². The van der Waals surface area contributed by atoms with E-state index >= 15 is 0 Å². The average Bonchev–Trinajstić information content (AvgIpc) is 2.56. The van der Waals surface area contributed by atoms with Gasteiger partial charge in [-0.05, 0) is 55.9 Å². The Kier molecular flexibility index (Phi) is 7.60. The summed E-state index contributed by atoms with van der Waals surface area (Å²) in [6, 6.07) is 6.87. The van der Waals surface area contributed by atoms with Crippen molar-refractivity contribution in [3.63, 3.8) is 0 Å². The molecule has 26 heavy (non-hydrogen) atoms. The monoisotopic (exact) mass is 445 g/mol. The normalized spacial score (nSPS) is 20.4. The summed E-state index contributed by atoms with van der Waals surface area (Å²) in [6.45, 7) is 1.86. The molecule has 0 aliphatic heterocycles. The van der Waals surface area contributed by atoms with Gasteiger partial charge >= 0.3 is 0 Å². The van der Waals surface area contributed by atoms with Crippen molar-refractivity contribution in [1.29, 1.82) is 0 Å². The fourth-order valence-corrected chi connectivity index (χ4v) is 4.35. The summed E-state index contributed by atoms with van der Waals surface area (Å²) in [5, 5.41) is 4.95. The smallest absolute Gasteiger partial charge is 0.243 e. The number of rotatable bonds is 7. The Labute approximate surface area is 162 Å². The molecule has 1 aromatic rings. The molecule has 144 valence electrons. The lowest BCUT2D eigenvalue weighted by Gasteiger charge is -2.26. The molecule has 1 aliphatic rings. The second-order valence-electron chi connectivity index (χ2n) is 6.67. The number of halogens is 1. The molecule has 0 radical (unpaired) electrons. The summed E-state index contributed by atoms with van der Waals surface area (Å²) in [5.74, 6) is -1.19. The second-order valence-corrected chi connectivity index (χ2v) is 9.34. The largest absolute Gasteiger partial charge is 0.346 e. The molecule has 0 unspecified atom stereocenters. The summed E-state index contributed by atoms with van der Waals surface area (Å²) in [6.07, 6.45) is 3.54. The highest BCUT2D eigenvalue weighted by Crippen LogP contribution is 2.23. The van der Waals surface area contributed by atoms with Gasteiger partial charge in [0.1, 0.15) is 5.75 Å². The molecule has 2 rings (SSSR count). The zero-order valence-electron chi connectivity index (χ0n) is 14.6. The van der Waals surface area contributed by atoms with E-state index < -0.39 is 27.6 Å². The van der Waals surface area contributed by atoms with E-state index in [1.165, 1.54) is 0 Å². The molecule has 2 amide bonds.